The number of carbonyl (C=O) groups excluding carboxylic acids is 1. The molecule has 2 heterocycles. The molecule has 0 bridgehead atoms. The average molecular weight is 293 g/mol. The zero-order valence-corrected chi connectivity index (χ0v) is 12.0. The molecule has 2 fully saturated rings. The van der Waals surface area contributed by atoms with Gasteiger partial charge in [0.2, 0.25) is 0 Å². The van der Waals surface area contributed by atoms with Crippen molar-refractivity contribution in [2.45, 2.75) is 32.7 Å². The first-order valence-electron chi connectivity index (χ1n) is 7.19. The largest absolute Gasteiger partial charge is 0.481 e. The van der Waals surface area contributed by atoms with E-state index in [1.165, 1.54) is 0 Å². The van der Waals surface area contributed by atoms with Crippen molar-refractivity contribution in [3.63, 3.8) is 0 Å². The van der Waals surface area contributed by atoms with Crippen LogP contribution in [-0.2, 0) is 11.3 Å². The van der Waals surface area contributed by atoms with Crippen LogP contribution in [0.2, 0.25) is 0 Å². The molecule has 1 aromatic rings. The molecule has 1 saturated heterocycles. The van der Waals surface area contributed by atoms with Gasteiger partial charge in [0.05, 0.1) is 17.7 Å². The van der Waals surface area contributed by atoms with Crippen LogP contribution in [0.25, 0.3) is 0 Å². The summed E-state index contributed by atoms with van der Waals surface area (Å²) in [5.74, 6) is -0.104. The molecule has 7 heteroatoms. The van der Waals surface area contributed by atoms with Gasteiger partial charge in [0.25, 0.3) is 0 Å². The highest BCUT2D eigenvalue weighted by molar-refractivity contribution is 5.80. The molecule has 2 atom stereocenters. The van der Waals surface area contributed by atoms with Crippen LogP contribution in [0.1, 0.15) is 30.7 Å². The van der Waals surface area contributed by atoms with Crippen molar-refractivity contribution < 1.29 is 19.2 Å². The molecule has 0 aromatic carbocycles. The third kappa shape index (κ3) is 2.36. The lowest BCUT2D eigenvalue weighted by Gasteiger charge is -2.23. The Kier molecular flexibility index (Phi) is 3.35. The Morgan fingerprint density at radius 3 is 3.05 bits per heavy atom. The van der Waals surface area contributed by atoms with E-state index in [2.05, 4.69) is 10.5 Å². The molecule has 2 amide bonds. The Bertz CT molecular complexity index is 570. The molecule has 114 valence electrons. The summed E-state index contributed by atoms with van der Waals surface area (Å²) < 4.78 is 5.03. The lowest BCUT2D eigenvalue weighted by Crippen LogP contribution is -2.41. The van der Waals surface area contributed by atoms with Gasteiger partial charge >= 0.3 is 12.0 Å². The lowest BCUT2D eigenvalue weighted by atomic mass is 9.81. The predicted octanol–water partition coefficient (Wildman–Crippen LogP) is 1.38. The maximum absolute atomic E-state index is 12.2. The Morgan fingerprint density at radius 1 is 1.62 bits per heavy atom. The van der Waals surface area contributed by atoms with E-state index in [1.807, 2.05) is 6.92 Å². The first kappa shape index (κ1) is 13.9. The van der Waals surface area contributed by atoms with Crippen LogP contribution in [0.4, 0.5) is 4.79 Å². The number of nitrogens with one attached hydrogen (secondary N) is 1. The smallest absolute Gasteiger partial charge is 0.317 e. The molecule has 1 aliphatic carbocycles. The van der Waals surface area contributed by atoms with Crippen LogP contribution in [-0.4, -0.2) is 40.3 Å². The van der Waals surface area contributed by atoms with E-state index in [4.69, 9.17) is 4.52 Å². The first-order chi connectivity index (χ1) is 10.0. The SMILES string of the molecule is Cc1cc(CNC(=O)N2C[C@@H]3CCC[C@@]3(C(=O)O)C2)on1. The number of carbonyl (C=O) groups is 2. The molecule has 1 aliphatic heterocycles. The molecule has 1 saturated carbocycles. The van der Waals surface area contributed by atoms with Gasteiger partial charge in [-0.05, 0) is 25.7 Å². The Labute approximate surface area is 122 Å². The van der Waals surface area contributed by atoms with Crippen molar-refractivity contribution >= 4 is 12.0 Å². The van der Waals surface area contributed by atoms with E-state index in [0.717, 1.165) is 18.5 Å². The van der Waals surface area contributed by atoms with Gasteiger partial charge in [-0.25, -0.2) is 4.79 Å². The highest BCUT2D eigenvalue weighted by Gasteiger charge is 2.55. The van der Waals surface area contributed by atoms with Crippen molar-refractivity contribution in [1.29, 1.82) is 0 Å². The highest BCUT2D eigenvalue weighted by atomic mass is 16.5. The van der Waals surface area contributed by atoms with Gasteiger partial charge in [0.1, 0.15) is 0 Å². The fourth-order valence-electron chi connectivity index (χ4n) is 3.57. The number of aryl methyl sites for hydroxylation is 1. The Balaban J connectivity index is 1.61. The van der Waals surface area contributed by atoms with E-state index in [-0.39, 0.29) is 18.5 Å². The highest BCUT2D eigenvalue weighted by Crippen LogP contribution is 2.48. The summed E-state index contributed by atoms with van der Waals surface area (Å²) in [6.45, 7) is 2.90. The standard InChI is InChI=1S/C14H19N3O4/c1-9-5-11(21-16-9)6-15-13(20)17-7-10-3-2-4-14(10,8-17)12(18)19/h5,10H,2-4,6-8H2,1H3,(H,15,20)(H,18,19)/t10-,14+/m0/s1. The summed E-state index contributed by atoms with van der Waals surface area (Å²) in [4.78, 5) is 25.4. The summed E-state index contributed by atoms with van der Waals surface area (Å²) in [5, 5.41) is 16.0. The zero-order chi connectivity index (χ0) is 15.0. The number of aliphatic carboxylic acids is 1. The number of fused-ring (bicyclic) bond motifs is 1. The van der Waals surface area contributed by atoms with Crippen molar-refractivity contribution in [3.05, 3.63) is 17.5 Å². The number of hydrogen-bond acceptors (Lipinski definition) is 4. The second kappa shape index (κ2) is 5.05. The molecule has 7 nitrogen and oxygen atoms in total. The number of carboxylic acids is 1. The molecule has 0 unspecified atom stereocenters. The van der Waals surface area contributed by atoms with Crippen LogP contribution >= 0.6 is 0 Å². The number of rotatable bonds is 3. The Morgan fingerprint density at radius 2 is 2.43 bits per heavy atom. The van der Waals surface area contributed by atoms with Gasteiger partial charge in [-0.1, -0.05) is 11.6 Å². The van der Waals surface area contributed by atoms with E-state index < -0.39 is 11.4 Å². The second-order valence-corrected chi connectivity index (χ2v) is 6.02. The van der Waals surface area contributed by atoms with E-state index >= 15 is 0 Å². The van der Waals surface area contributed by atoms with Crippen LogP contribution in [0.5, 0.6) is 0 Å². The second-order valence-electron chi connectivity index (χ2n) is 6.02. The van der Waals surface area contributed by atoms with Crippen LogP contribution in [0.3, 0.4) is 0 Å². The van der Waals surface area contributed by atoms with Gasteiger partial charge in [-0.3, -0.25) is 4.79 Å². The first-order valence-corrected chi connectivity index (χ1v) is 7.19. The normalized spacial score (nSPS) is 27.7. The van der Waals surface area contributed by atoms with Gasteiger partial charge in [0, 0.05) is 19.2 Å². The summed E-state index contributed by atoms with van der Waals surface area (Å²) in [6, 6.07) is 1.52. The maximum Gasteiger partial charge on any atom is 0.317 e. The zero-order valence-electron chi connectivity index (χ0n) is 12.0. The van der Waals surface area contributed by atoms with Crippen molar-refractivity contribution in [1.82, 2.24) is 15.4 Å². The molecule has 2 N–H and O–H groups in total. The van der Waals surface area contributed by atoms with Gasteiger partial charge in [-0.15, -0.1) is 0 Å². The third-order valence-corrected chi connectivity index (χ3v) is 4.67. The quantitative estimate of drug-likeness (QED) is 0.877. The maximum atomic E-state index is 12.2. The summed E-state index contributed by atoms with van der Waals surface area (Å²) in [7, 11) is 0. The number of aromatic nitrogens is 1. The fourth-order valence-corrected chi connectivity index (χ4v) is 3.57. The van der Waals surface area contributed by atoms with E-state index in [9.17, 15) is 14.7 Å². The number of urea groups is 1. The number of nitrogens with zero attached hydrogens (tertiary/aromatic N) is 2. The minimum Gasteiger partial charge on any atom is -0.481 e. The van der Waals surface area contributed by atoms with Gasteiger partial charge < -0.3 is 19.8 Å². The molecule has 21 heavy (non-hydrogen) atoms. The molecular formula is C14H19N3O4. The fraction of sp³-hybridized carbons (Fsp3) is 0.643. The van der Waals surface area contributed by atoms with Crippen LogP contribution < -0.4 is 5.32 Å². The summed E-state index contributed by atoms with van der Waals surface area (Å²) in [6.07, 6.45) is 2.49. The molecule has 0 radical (unpaired) electrons. The van der Waals surface area contributed by atoms with Crippen LogP contribution in [0, 0.1) is 18.3 Å². The average Bonchev–Trinajstić information content (AvgIpc) is 3.09. The van der Waals surface area contributed by atoms with Crippen molar-refractivity contribution in [2.75, 3.05) is 13.1 Å². The van der Waals surface area contributed by atoms with Gasteiger partial charge in [0.15, 0.2) is 5.76 Å². The number of likely N-dealkylation sites (tertiary alicyclic amines) is 1. The minimum absolute atomic E-state index is 0.0771. The van der Waals surface area contributed by atoms with E-state index in [0.29, 0.717) is 25.3 Å². The molecule has 3 rings (SSSR count). The van der Waals surface area contributed by atoms with Crippen molar-refractivity contribution in [3.8, 4) is 0 Å². The van der Waals surface area contributed by atoms with Crippen molar-refractivity contribution in [2.24, 2.45) is 11.3 Å². The third-order valence-electron chi connectivity index (χ3n) is 4.67. The predicted molar refractivity (Wildman–Crippen MR) is 72.5 cm³/mol. The Hall–Kier alpha value is -2.05. The molecule has 2 aliphatic rings. The monoisotopic (exact) mass is 293 g/mol. The topological polar surface area (TPSA) is 95.7 Å². The van der Waals surface area contributed by atoms with Gasteiger partial charge in [-0.2, -0.15) is 0 Å². The summed E-state index contributed by atoms with van der Waals surface area (Å²) in [5.41, 5.74) is 0.0277. The number of hydrogen-bond donors (Lipinski definition) is 2. The van der Waals surface area contributed by atoms with Crippen LogP contribution in [0.15, 0.2) is 10.6 Å². The molecule has 1 aromatic heterocycles. The summed E-state index contributed by atoms with van der Waals surface area (Å²) >= 11 is 0. The minimum atomic E-state index is -0.772. The van der Waals surface area contributed by atoms with E-state index in [1.54, 1.807) is 11.0 Å². The number of carboxylic acid groups (broad SMARTS) is 1. The lowest BCUT2D eigenvalue weighted by molar-refractivity contribution is -0.149. The molecule has 0 spiro atoms. The molecular weight excluding hydrogens is 274 g/mol. The number of amides is 2.